The van der Waals surface area contributed by atoms with E-state index < -0.39 is 11.9 Å². The Balaban J connectivity index is 2.84. The van der Waals surface area contributed by atoms with Crippen LogP contribution in [0.15, 0.2) is 30.3 Å². The normalized spacial score (nSPS) is 10.2. The van der Waals surface area contributed by atoms with Crippen LogP contribution >= 0.6 is 0 Å². The van der Waals surface area contributed by atoms with E-state index in [1.807, 2.05) is 0 Å². The van der Waals surface area contributed by atoms with Crippen LogP contribution in [0.1, 0.15) is 31.1 Å². The summed E-state index contributed by atoms with van der Waals surface area (Å²) in [6, 6.07) is 8.69. The van der Waals surface area contributed by atoms with Gasteiger partial charge in [-0.15, -0.1) is 0 Å². The lowest BCUT2D eigenvalue weighted by atomic mass is 10.0. The molecule has 108 valence electrons. The van der Waals surface area contributed by atoms with Gasteiger partial charge >= 0.3 is 11.9 Å². The van der Waals surface area contributed by atoms with Crippen molar-refractivity contribution in [2.24, 2.45) is 0 Å². The van der Waals surface area contributed by atoms with Crippen molar-refractivity contribution < 1.29 is 23.9 Å². The molecule has 0 aliphatic carbocycles. The molecule has 2 aromatic rings. The Bertz CT molecular complexity index is 746. The number of hydrogen-bond acceptors (Lipinski definition) is 5. The highest BCUT2D eigenvalue weighted by molar-refractivity contribution is 6.05. The summed E-state index contributed by atoms with van der Waals surface area (Å²) in [5, 5.41) is 1.31. The van der Waals surface area contributed by atoms with Gasteiger partial charge in [0, 0.05) is 19.2 Å². The highest BCUT2D eigenvalue weighted by atomic mass is 16.6. The van der Waals surface area contributed by atoms with Crippen LogP contribution in [0.4, 0.5) is 0 Å². The maximum atomic E-state index is 11.8. The molecule has 21 heavy (non-hydrogen) atoms. The van der Waals surface area contributed by atoms with Crippen LogP contribution in [0.2, 0.25) is 0 Å². The summed E-state index contributed by atoms with van der Waals surface area (Å²) in [4.78, 5) is 34.4. The molecule has 0 amide bonds. The minimum atomic E-state index is -0.596. The highest BCUT2D eigenvalue weighted by Crippen LogP contribution is 2.39. The molecule has 0 fully saturated rings. The molecule has 0 aliphatic heterocycles. The molecule has 5 nitrogen and oxygen atoms in total. The number of ether oxygens (including phenoxy) is 2. The smallest absolute Gasteiger partial charge is 0.308 e. The topological polar surface area (TPSA) is 69.7 Å². The van der Waals surface area contributed by atoms with E-state index in [0.717, 1.165) is 5.39 Å². The maximum Gasteiger partial charge on any atom is 0.308 e. The summed E-state index contributed by atoms with van der Waals surface area (Å²) in [5.74, 6) is -1.38. The minimum Gasteiger partial charge on any atom is -0.422 e. The average Bonchev–Trinajstić information content (AvgIpc) is 2.39. The Labute approximate surface area is 121 Å². The Morgan fingerprint density at radius 2 is 1.43 bits per heavy atom. The molecule has 0 aliphatic rings. The van der Waals surface area contributed by atoms with E-state index in [1.54, 1.807) is 30.3 Å². The molecule has 0 saturated heterocycles. The zero-order valence-corrected chi connectivity index (χ0v) is 11.9. The van der Waals surface area contributed by atoms with Crippen molar-refractivity contribution in [3.8, 4) is 11.5 Å². The van der Waals surface area contributed by atoms with Gasteiger partial charge in [0.05, 0.1) is 5.56 Å². The molecule has 0 atom stereocenters. The van der Waals surface area contributed by atoms with Gasteiger partial charge in [-0.2, -0.15) is 0 Å². The van der Waals surface area contributed by atoms with E-state index in [0.29, 0.717) is 5.39 Å². The van der Waals surface area contributed by atoms with E-state index in [2.05, 4.69) is 0 Å². The summed E-state index contributed by atoms with van der Waals surface area (Å²) < 4.78 is 10.3. The van der Waals surface area contributed by atoms with Gasteiger partial charge in [0.1, 0.15) is 0 Å². The summed E-state index contributed by atoms with van der Waals surface area (Å²) in [6.45, 7) is 3.82. The lowest BCUT2D eigenvalue weighted by Crippen LogP contribution is -2.11. The van der Waals surface area contributed by atoms with Gasteiger partial charge < -0.3 is 9.47 Å². The van der Waals surface area contributed by atoms with Crippen LogP contribution in [0, 0.1) is 0 Å². The molecule has 0 spiro atoms. The first kappa shape index (κ1) is 14.7. The molecule has 0 radical (unpaired) electrons. The molecule has 0 unspecified atom stereocenters. The quantitative estimate of drug-likeness (QED) is 0.493. The van der Waals surface area contributed by atoms with E-state index in [4.69, 9.17) is 9.47 Å². The van der Waals surface area contributed by atoms with Crippen molar-refractivity contribution in [3.05, 3.63) is 35.9 Å². The molecular formula is C16H14O5. The molecule has 0 saturated carbocycles. The van der Waals surface area contributed by atoms with Gasteiger partial charge in [-0.1, -0.05) is 24.3 Å². The van der Waals surface area contributed by atoms with Gasteiger partial charge in [-0.05, 0) is 18.4 Å². The second-order valence-electron chi connectivity index (χ2n) is 4.55. The minimum absolute atomic E-state index is 0.0242. The van der Waals surface area contributed by atoms with Gasteiger partial charge in [0.25, 0.3) is 0 Å². The van der Waals surface area contributed by atoms with Gasteiger partial charge in [0.2, 0.25) is 0 Å². The van der Waals surface area contributed by atoms with Crippen molar-refractivity contribution in [3.63, 3.8) is 0 Å². The number of carbonyl (C=O) groups excluding carboxylic acids is 3. The number of ketones is 1. The van der Waals surface area contributed by atoms with E-state index in [9.17, 15) is 14.4 Å². The molecule has 0 bridgehead atoms. The third kappa shape index (κ3) is 3.08. The van der Waals surface area contributed by atoms with Gasteiger partial charge in [0.15, 0.2) is 17.3 Å². The van der Waals surface area contributed by atoms with Crippen LogP contribution in [0.3, 0.4) is 0 Å². The van der Waals surface area contributed by atoms with Crippen molar-refractivity contribution in [1.82, 2.24) is 0 Å². The number of benzene rings is 2. The maximum absolute atomic E-state index is 11.8. The summed E-state index contributed by atoms with van der Waals surface area (Å²) in [5.41, 5.74) is 0.195. The Morgan fingerprint density at radius 1 is 0.857 bits per heavy atom. The lowest BCUT2D eigenvalue weighted by molar-refractivity contribution is -0.134. The highest BCUT2D eigenvalue weighted by Gasteiger charge is 2.21. The monoisotopic (exact) mass is 286 g/mol. The SMILES string of the molecule is CC(=O)Oc1c(C(C)=O)cc2ccccc2c1OC(C)=O. The first-order valence-corrected chi connectivity index (χ1v) is 6.33. The third-order valence-electron chi connectivity index (χ3n) is 2.83. The van der Waals surface area contributed by atoms with Crippen molar-refractivity contribution in [2.45, 2.75) is 20.8 Å². The Hall–Kier alpha value is -2.69. The average molecular weight is 286 g/mol. The van der Waals surface area contributed by atoms with E-state index in [-0.39, 0.29) is 22.8 Å². The fourth-order valence-corrected chi connectivity index (χ4v) is 2.05. The molecular weight excluding hydrogens is 272 g/mol. The second kappa shape index (κ2) is 5.75. The first-order chi connectivity index (χ1) is 9.90. The summed E-state index contributed by atoms with van der Waals surface area (Å²) in [7, 11) is 0. The molecule has 0 aromatic heterocycles. The van der Waals surface area contributed by atoms with Crippen LogP contribution < -0.4 is 9.47 Å². The van der Waals surface area contributed by atoms with Crippen LogP contribution in [-0.2, 0) is 9.59 Å². The zero-order valence-electron chi connectivity index (χ0n) is 11.9. The fourth-order valence-electron chi connectivity index (χ4n) is 2.05. The largest absolute Gasteiger partial charge is 0.422 e. The molecule has 0 heterocycles. The van der Waals surface area contributed by atoms with Crippen molar-refractivity contribution in [2.75, 3.05) is 0 Å². The third-order valence-corrected chi connectivity index (χ3v) is 2.83. The second-order valence-corrected chi connectivity index (χ2v) is 4.55. The van der Waals surface area contributed by atoms with Crippen LogP contribution in [-0.4, -0.2) is 17.7 Å². The molecule has 2 rings (SSSR count). The fraction of sp³-hybridized carbons (Fsp3) is 0.188. The number of hydrogen-bond donors (Lipinski definition) is 0. The Kier molecular flexibility index (Phi) is 4.03. The number of fused-ring (bicyclic) bond motifs is 1. The summed E-state index contributed by atoms with van der Waals surface area (Å²) in [6.07, 6.45) is 0. The number of Topliss-reactive ketones (excluding diaryl/α,β-unsaturated/α-hetero) is 1. The predicted octanol–water partition coefficient (Wildman–Crippen LogP) is 2.89. The molecule has 5 heteroatoms. The standard InChI is InChI=1S/C16H14O5/c1-9(17)14-8-12-6-4-5-7-13(12)15(20-10(2)18)16(14)21-11(3)19/h4-8H,1-3H3. The van der Waals surface area contributed by atoms with E-state index in [1.165, 1.54) is 20.8 Å². The van der Waals surface area contributed by atoms with Crippen molar-refractivity contribution >= 4 is 28.5 Å². The summed E-state index contributed by atoms with van der Waals surface area (Å²) >= 11 is 0. The number of rotatable bonds is 3. The Morgan fingerprint density at radius 3 is 2.00 bits per heavy atom. The number of carbonyl (C=O) groups is 3. The van der Waals surface area contributed by atoms with E-state index >= 15 is 0 Å². The predicted molar refractivity (Wildman–Crippen MR) is 76.6 cm³/mol. The van der Waals surface area contributed by atoms with Gasteiger partial charge in [-0.25, -0.2) is 0 Å². The first-order valence-electron chi connectivity index (χ1n) is 6.33. The van der Waals surface area contributed by atoms with Crippen LogP contribution in [0.25, 0.3) is 10.8 Å². The van der Waals surface area contributed by atoms with Gasteiger partial charge in [-0.3, -0.25) is 14.4 Å². The van der Waals surface area contributed by atoms with Crippen LogP contribution in [0.5, 0.6) is 11.5 Å². The number of esters is 2. The van der Waals surface area contributed by atoms with Crippen molar-refractivity contribution in [1.29, 1.82) is 0 Å². The molecule has 2 aromatic carbocycles. The lowest BCUT2D eigenvalue weighted by Gasteiger charge is -2.14. The zero-order chi connectivity index (χ0) is 15.6. The molecule has 0 N–H and O–H groups in total.